The fourth-order valence-electron chi connectivity index (χ4n) is 1.67. The normalized spacial score (nSPS) is 18.6. The molecule has 0 aromatic heterocycles. The van der Waals surface area contributed by atoms with E-state index in [0.717, 1.165) is 19.5 Å². The van der Waals surface area contributed by atoms with Crippen molar-refractivity contribution in [1.82, 2.24) is 15.2 Å². The summed E-state index contributed by atoms with van der Waals surface area (Å²) in [6.45, 7) is 6.84. The maximum Gasteiger partial charge on any atom is 0.241 e. The molecule has 0 spiro atoms. The van der Waals surface area contributed by atoms with Gasteiger partial charge in [0.1, 0.15) is 0 Å². The molecule has 0 aromatic carbocycles. The molecule has 0 aromatic rings. The third-order valence-electron chi connectivity index (χ3n) is 2.71. The van der Waals surface area contributed by atoms with E-state index in [1.165, 1.54) is 0 Å². The number of hydrogen-bond donors (Lipinski definition) is 2. The van der Waals surface area contributed by atoms with Crippen LogP contribution in [0.5, 0.6) is 0 Å². The van der Waals surface area contributed by atoms with Crippen molar-refractivity contribution in [3.63, 3.8) is 0 Å². The van der Waals surface area contributed by atoms with Crippen LogP contribution >= 0.6 is 0 Å². The van der Waals surface area contributed by atoms with Crippen LogP contribution in [0.25, 0.3) is 0 Å². The van der Waals surface area contributed by atoms with Gasteiger partial charge in [0, 0.05) is 26.7 Å². The highest BCUT2D eigenvalue weighted by molar-refractivity contribution is 5.86. The molecule has 1 heterocycles. The number of hydrazine groups is 1. The quantitative estimate of drug-likeness (QED) is 0.299. The van der Waals surface area contributed by atoms with E-state index in [1.54, 1.807) is 4.90 Å². The Labute approximate surface area is 103 Å². The summed E-state index contributed by atoms with van der Waals surface area (Å²) in [5.74, 6) is 6.67. The van der Waals surface area contributed by atoms with Gasteiger partial charge in [0.15, 0.2) is 0 Å². The first-order valence-electron chi connectivity index (χ1n) is 6.04. The molecule has 1 rings (SSSR count). The van der Waals surface area contributed by atoms with Gasteiger partial charge in [-0.2, -0.15) is 0 Å². The zero-order valence-electron chi connectivity index (χ0n) is 10.9. The standard InChI is InChI=1S/C11H23N5O/c1-9(2)7-13-11(14-12)16-6-4-5-15(3)10(17)8-16/h9H,4-8,12H2,1-3H3,(H,13,14). The van der Waals surface area contributed by atoms with Crippen LogP contribution in [-0.4, -0.2) is 54.9 Å². The second-order valence-electron chi connectivity index (χ2n) is 4.79. The predicted octanol–water partition coefficient (Wildman–Crippen LogP) is -0.374. The minimum atomic E-state index is 0.106. The lowest BCUT2D eigenvalue weighted by Crippen LogP contribution is -2.47. The molecule has 3 N–H and O–H groups in total. The highest BCUT2D eigenvalue weighted by atomic mass is 16.2. The summed E-state index contributed by atoms with van der Waals surface area (Å²) in [5, 5.41) is 0. The van der Waals surface area contributed by atoms with Gasteiger partial charge >= 0.3 is 0 Å². The van der Waals surface area contributed by atoms with Gasteiger partial charge in [0.05, 0.1) is 6.54 Å². The second-order valence-corrected chi connectivity index (χ2v) is 4.79. The molecule has 0 saturated carbocycles. The topological polar surface area (TPSA) is 74.0 Å². The minimum absolute atomic E-state index is 0.106. The molecular weight excluding hydrogens is 218 g/mol. The molecular formula is C11H23N5O. The number of aliphatic imine (C=N–C) groups is 1. The lowest BCUT2D eigenvalue weighted by Gasteiger charge is -2.23. The van der Waals surface area contributed by atoms with Gasteiger partial charge in [0.2, 0.25) is 11.9 Å². The Kier molecular flexibility index (Phi) is 5.21. The summed E-state index contributed by atoms with van der Waals surface area (Å²) in [4.78, 5) is 19.8. The number of amides is 1. The van der Waals surface area contributed by atoms with Gasteiger partial charge in [-0.25, -0.2) is 5.84 Å². The molecule has 1 aliphatic rings. The van der Waals surface area contributed by atoms with E-state index >= 15 is 0 Å². The first kappa shape index (κ1) is 13.8. The van der Waals surface area contributed by atoms with Crippen LogP contribution in [-0.2, 0) is 4.79 Å². The Balaban J connectivity index is 2.67. The first-order chi connectivity index (χ1) is 8.04. The Morgan fingerprint density at radius 2 is 2.24 bits per heavy atom. The average Bonchev–Trinajstić information content (AvgIpc) is 2.43. The lowest BCUT2D eigenvalue weighted by atomic mass is 10.2. The number of carbonyl (C=O) groups is 1. The summed E-state index contributed by atoms with van der Waals surface area (Å²) < 4.78 is 0. The molecule has 6 heteroatoms. The summed E-state index contributed by atoms with van der Waals surface area (Å²) in [5.41, 5.74) is 2.60. The number of nitrogens with two attached hydrogens (primary N) is 1. The number of carbonyl (C=O) groups excluding carboxylic acids is 1. The van der Waals surface area contributed by atoms with Gasteiger partial charge in [-0.05, 0) is 12.3 Å². The van der Waals surface area contributed by atoms with Crippen molar-refractivity contribution in [2.75, 3.05) is 33.2 Å². The van der Waals surface area contributed by atoms with Crippen LogP contribution in [0, 0.1) is 5.92 Å². The van der Waals surface area contributed by atoms with Crippen molar-refractivity contribution < 1.29 is 4.79 Å². The SMILES string of the molecule is CC(C)CN=C(NN)N1CCCN(C)C(=O)C1. The maximum absolute atomic E-state index is 11.7. The summed E-state index contributed by atoms with van der Waals surface area (Å²) in [6.07, 6.45) is 0.935. The van der Waals surface area contributed by atoms with Crippen LogP contribution in [0.3, 0.4) is 0 Å². The number of rotatable bonds is 2. The summed E-state index contributed by atoms with van der Waals surface area (Å²) in [7, 11) is 1.83. The molecule has 17 heavy (non-hydrogen) atoms. The highest BCUT2D eigenvalue weighted by Gasteiger charge is 2.21. The molecule has 1 amide bonds. The zero-order valence-corrected chi connectivity index (χ0v) is 10.9. The number of likely N-dealkylation sites (N-methyl/N-ethyl adjacent to an activating group) is 1. The largest absolute Gasteiger partial charge is 0.344 e. The zero-order chi connectivity index (χ0) is 12.8. The van der Waals surface area contributed by atoms with E-state index in [4.69, 9.17) is 5.84 Å². The van der Waals surface area contributed by atoms with Crippen molar-refractivity contribution in [1.29, 1.82) is 0 Å². The average molecular weight is 241 g/mol. The smallest absolute Gasteiger partial charge is 0.241 e. The molecule has 0 aliphatic carbocycles. The lowest BCUT2D eigenvalue weighted by molar-refractivity contribution is -0.129. The van der Waals surface area contributed by atoms with Gasteiger partial charge in [-0.3, -0.25) is 15.2 Å². The third kappa shape index (κ3) is 4.22. The Morgan fingerprint density at radius 3 is 2.82 bits per heavy atom. The maximum atomic E-state index is 11.7. The minimum Gasteiger partial charge on any atom is -0.344 e. The van der Waals surface area contributed by atoms with Crippen LogP contribution < -0.4 is 11.3 Å². The number of nitrogens with one attached hydrogen (secondary N) is 1. The van der Waals surface area contributed by atoms with Crippen molar-refractivity contribution in [3.8, 4) is 0 Å². The van der Waals surface area contributed by atoms with E-state index in [1.807, 2.05) is 11.9 Å². The van der Waals surface area contributed by atoms with Crippen LogP contribution in [0.15, 0.2) is 4.99 Å². The monoisotopic (exact) mass is 241 g/mol. The van der Waals surface area contributed by atoms with E-state index in [-0.39, 0.29) is 5.91 Å². The van der Waals surface area contributed by atoms with E-state index in [9.17, 15) is 4.79 Å². The molecule has 0 radical (unpaired) electrons. The molecule has 0 unspecified atom stereocenters. The van der Waals surface area contributed by atoms with Crippen molar-refractivity contribution >= 4 is 11.9 Å². The fourth-order valence-corrected chi connectivity index (χ4v) is 1.67. The van der Waals surface area contributed by atoms with Gasteiger partial charge in [-0.1, -0.05) is 13.8 Å². The van der Waals surface area contributed by atoms with Gasteiger partial charge in [-0.15, -0.1) is 0 Å². The van der Waals surface area contributed by atoms with E-state index in [0.29, 0.717) is 25.0 Å². The van der Waals surface area contributed by atoms with Crippen molar-refractivity contribution in [2.24, 2.45) is 16.8 Å². The summed E-state index contributed by atoms with van der Waals surface area (Å²) in [6, 6.07) is 0. The number of hydrogen-bond acceptors (Lipinski definition) is 3. The van der Waals surface area contributed by atoms with E-state index < -0.39 is 0 Å². The molecule has 1 aliphatic heterocycles. The molecule has 0 bridgehead atoms. The van der Waals surface area contributed by atoms with Crippen LogP contribution in [0.2, 0.25) is 0 Å². The third-order valence-corrected chi connectivity index (χ3v) is 2.71. The van der Waals surface area contributed by atoms with Crippen LogP contribution in [0.1, 0.15) is 20.3 Å². The Morgan fingerprint density at radius 1 is 1.53 bits per heavy atom. The van der Waals surface area contributed by atoms with Crippen molar-refractivity contribution in [2.45, 2.75) is 20.3 Å². The fraction of sp³-hybridized carbons (Fsp3) is 0.818. The molecule has 1 fully saturated rings. The first-order valence-corrected chi connectivity index (χ1v) is 6.04. The molecule has 1 saturated heterocycles. The number of guanidine groups is 1. The second kappa shape index (κ2) is 6.44. The Hall–Kier alpha value is -1.30. The predicted molar refractivity (Wildman–Crippen MR) is 68.3 cm³/mol. The van der Waals surface area contributed by atoms with Gasteiger partial charge < -0.3 is 9.80 Å². The number of nitrogens with zero attached hydrogens (tertiary/aromatic N) is 3. The van der Waals surface area contributed by atoms with Crippen LogP contribution in [0.4, 0.5) is 0 Å². The molecule has 0 atom stereocenters. The molecule has 98 valence electrons. The van der Waals surface area contributed by atoms with E-state index in [2.05, 4.69) is 24.3 Å². The van der Waals surface area contributed by atoms with Gasteiger partial charge in [0.25, 0.3) is 0 Å². The molecule has 6 nitrogen and oxygen atoms in total. The van der Waals surface area contributed by atoms with Crippen molar-refractivity contribution in [3.05, 3.63) is 0 Å². The summed E-state index contributed by atoms with van der Waals surface area (Å²) >= 11 is 0. The highest BCUT2D eigenvalue weighted by Crippen LogP contribution is 2.03. The Bertz CT molecular complexity index is 290.